The minimum absolute atomic E-state index is 0.0578. The number of carbonyl (C=O) groups is 1. The van der Waals surface area contributed by atoms with Gasteiger partial charge in [0, 0.05) is 31.5 Å². The Morgan fingerprint density at radius 3 is 2.29 bits per heavy atom. The first-order chi connectivity index (χ1) is 16.7. The molecule has 0 radical (unpaired) electrons. The van der Waals surface area contributed by atoms with Crippen molar-refractivity contribution in [3.63, 3.8) is 0 Å². The highest BCUT2D eigenvalue weighted by Gasteiger charge is 2.50. The van der Waals surface area contributed by atoms with Gasteiger partial charge in [-0.05, 0) is 62.2 Å². The molecule has 2 aliphatic heterocycles. The second-order valence-corrected chi connectivity index (χ2v) is 9.36. The molecule has 6 rings (SSSR count). The van der Waals surface area contributed by atoms with Gasteiger partial charge in [0.2, 0.25) is 5.91 Å². The lowest BCUT2D eigenvalue weighted by atomic mass is 9.85. The highest BCUT2D eigenvalue weighted by Crippen LogP contribution is 2.36. The summed E-state index contributed by atoms with van der Waals surface area (Å²) in [5, 5.41) is 3.07. The molecule has 0 bridgehead atoms. The molecule has 2 saturated heterocycles. The van der Waals surface area contributed by atoms with Crippen molar-refractivity contribution < 1.29 is 4.79 Å². The number of hydrogen-bond acceptors (Lipinski definition) is 4. The molecule has 1 N–H and O–H groups in total. The Labute approximate surface area is 198 Å². The number of aromatic nitrogens is 2. The summed E-state index contributed by atoms with van der Waals surface area (Å²) >= 11 is 0. The number of nitrogens with one attached hydrogen (secondary N) is 1. The first kappa shape index (κ1) is 21.0. The van der Waals surface area contributed by atoms with E-state index in [4.69, 9.17) is 0 Å². The molecule has 4 heterocycles. The molecule has 7 nitrogen and oxygen atoms in total. The van der Waals surface area contributed by atoms with Crippen LogP contribution in [-0.4, -0.2) is 51.6 Å². The first-order valence-electron chi connectivity index (χ1n) is 12.1. The Balaban J connectivity index is 1.15. The van der Waals surface area contributed by atoms with E-state index in [-0.39, 0.29) is 11.5 Å². The van der Waals surface area contributed by atoms with E-state index in [2.05, 4.69) is 33.3 Å². The molecule has 34 heavy (non-hydrogen) atoms. The summed E-state index contributed by atoms with van der Waals surface area (Å²) in [6, 6.07) is 22.1. The lowest BCUT2D eigenvalue weighted by Crippen LogP contribution is -2.56. The van der Waals surface area contributed by atoms with Crippen LogP contribution in [0.1, 0.15) is 19.3 Å². The standard InChI is InChI=1S/C27H29N5O2/c33-25-24-12-6-16-30(24)22-10-4-5-11-23(22)31(25)17-7-15-29-18-13-27(14-19-29)26(34)28-20-32(27)21-8-2-1-3-9-21/h1-6,8-12,16H,7,13-15,17-20H2,(H,28,34). The lowest BCUT2D eigenvalue weighted by Gasteiger charge is -2.43. The Morgan fingerprint density at radius 1 is 0.794 bits per heavy atom. The predicted octanol–water partition coefficient (Wildman–Crippen LogP) is 3.07. The molecule has 2 aromatic carbocycles. The van der Waals surface area contributed by atoms with Crippen molar-refractivity contribution in [1.82, 2.24) is 19.2 Å². The van der Waals surface area contributed by atoms with E-state index in [1.165, 1.54) is 0 Å². The van der Waals surface area contributed by atoms with Crippen molar-refractivity contribution in [2.75, 3.05) is 31.2 Å². The molecule has 0 unspecified atom stereocenters. The molecule has 7 heteroatoms. The monoisotopic (exact) mass is 455 g/mol. The Hall–Kier alpha value is -3.58. The van der Waals surface area contributed by atoms with Crippen LogP contribution >= 0.6 is 0 Å². The van der Waals surface area contributed by atoms with Gasteiger partial charge in [-0.15, -0.1) is 0 Å². The molecule has 1 amide bonds. The van der Waals surface area contributed by atoms with E-state index >= 15 is 0 Å². The van der Waals surface area contributed by atoms with Gasteiger partial charge >= 0.3 is 0 Å². The van der Waals surface area contributed by atoms with Gasteiger partial charge in [0.05, 0.1) is 17.7 Å². The molecule has 4 aromatic rings. The summed E-state index contributed by atoms with van der Waals surface area (Å²) in [5.41, 5.74) is 3.44. The number of aryl methyl sites for hydroxylation is 1. The van der Waals surface area contributed by atoms with Crippen molar-refractivity contribution in [1.29, 1.82) is 0 Å². The number of amides is 1. The zero-order valence-corrected chi connectivity index (χ0v) is 19.2. The molecule has 2 aliphatic rings. The van der Waals surface area contributed by atoms with Gasteiger partial charge in [0.1, 0.15) is 11.1 Å². The van der Waals surface area contributed by atoms with Crippen LogP contribution in [0.5, 0.6) is 0 Å². The smallest absolute Gasteiger partial charge is 0.275 e. The van der Waals surface area contributed by atoms with Crippen LogP contribution in [0.25, 0.3) is 16.6 Å². The first-order valence-corrected chi connectivity index (χ1v) is 12.1. The summed E-state index contributed by atoms with van der Waals surface area (Å²) in [6.45, 7) is 3.92. The van der Waals surface area contributed by atoms with Crippen LogP contribution in [0, 0.1) is 0 Å². The third-order valence-electron chi connectivity index (χ3n) is 7.59. The maximum atomic E-state index is 13.1. The van der Waals surface area contributed by atoms with Gasteiger partial charge in [0.15, 0.2) is 0 Å². The number of hydrogen-bond donors (Lipinski definition) is 1. The fraction of sp³-hybridized carbons (Fsp3) is 0.333. The molecular weight excluding hydrogens is 426 g/mol. The lowest BCUT2D eigenvalue weighted by molar-refractivity contribution is -0.125. The molecule has 0 atom stereocenters. The van der Waals surface area contributed by atoms with Gasteiger partial charge in [-0.25, -0.2) is 0 Å². The number of rotatable bonds is 5. The third kappa shape index (κ3) is 3.30. The van der Waals surface area contributed by atoms with E-state index in [1.807, 2.05) is 63.7 Å². The fourth-order valence-electron chi connectivity index (χ4n) is 5.76. The Morgan fingerprint density at radius 2 is 1.50 bits per heavy atom. The van der Waals surface area contributed by atoms with Crippen LogP contribution in [0.3, 0.4) is 0 Å². The molecule has 2 fully saturated rings. The number of benzene rings is 2. The van der Waals surface area contributed by atoms with Crippen molar-refractivity contribution in [3.8, 4) is 0 Å². The minimum atomic E-state index is -0.453. The Kier molecular flexibility index (Phi) is 5.14. The van der Waals surface area contributed by atoms with E-state index < -0.39 is 5.54 Å². The normalized spacial score (nSPS) is 18.2. The van der Waals surface area contributed by atoms with Gasteiger partial charge in [0.25, 0.3) is 5.56 Å². The fourth-order valence-corrected chi connectivity index (χ4v) is 5.76. The highest BCUT2D eigenvalue weighted by molar-refractivity contribution is 5.93. The largest absolute Gasteiger partial charge is 0.339 e. The molecule has 2 aromatic heterocycles. The van der Waals surface area contributed by atoms with Crippen molar-refractivity contribution in [2.45, 2.75) is 31.3 Å². The van der Waals surface area contributed by atoms with Crippen LogP contribution < -0.4 is 15.8 Å². The number of anilines is 1. The van der Waals surface area contributed by atoms with E-state index in [1.54, 1.807) is 0 Å². The van der Waals surface area contributed by atoms with Crippen LogP contribution in [0.15, 0.2) is 77.7 Å². The number of para-hydroxylation sites is 3. The predicted molar refractivity (Wildman–Crippen MR) is 134 cm³/mol. The average Bonchev–Trinajstić information content (AvgIpc) is 3.49. The number of nitrogens with zero attached hydrogens (tertiary/aromatic N) is 4. The van der Waals surface area contributed by atoms with Crippen molar-refractivity contribution in [3.05, 3.63) is 83.3 Å². The summed E-state index contributed by atoms with van der Waals surface area (Å²) in [6.07, 6.45) is 4.46. The van der Waals surface area contributed by atoms with E-state index in [0.717, 1.165) is 55.6 Å². The van der Waals surface area contributed by atoms with E-state index in [0.29, 0.717) is 18.7 Å². The number of carbonyl (C=O) groups excluding carboxylic acids is 1. The third-order valence-corrected chi connectivity index (χ3v) is 7.59. The van der Waals surface area contributed by atoms with Gasteiger partial charge in [-0.3, -0.25) is 9.59 Å². The van der Waals surface area contributed by atoms with Crippen LogP contribution in [-0.2, 0) is 11.3 Å². The maximum Gasteiger partial charge on any atom is 0.275 e. The molecular formula is C27H29N5O2. The maximum absolute atomic E-state index is 13.1. The minimum Gasteiger partial charge on any atom is -0.339 e. The Bertz CT molecular complexity index is 1400. The van der Waals surface area contributed by atoms with Crippen LogP contribution in [0.4, 0.5) is 5.69 Å². The van der Waals surface area contributed by atoms with Crippen LogP contribution in [0.2, 0.25) is 0 Å². The topological polar surface area (TPSA) is 62.0 Å². The van der Waals surface area contributed by atoms with Crippen molar-refractivity contribution >= 4 is 28.1 Å². The summed E-state index contributed by atoms with van der Waals surface area (Å²) < 4.78 is 3.89. The zero-order chi connectivity index (χ0) is 23.1. The highest BCUT2D eigenvalue weighted by atomic mass is 16.2. The summed E-state index contributed by atoms with van der Waals surface area (Å²) in [7, 11) is 0. The van der Waals surface area contributed by atoms with Crippen molar-refractivity contribution in [2.24, 2.45) is 0 Å². The molecule has 1 spiro atoms. The zero-order valence-electron chi connectivity index (χ0n) is 19.2. The molecule has 174 valence electrons. The SMILES string of the molecule is O=C1NCN(c2ccccc2)C12CCN(CCCn1c(=O)c3cccn3c3ccccc31)CC2. The average molecular weight is 456 g/mol. The van der Waals surface area contributed by atoms with Gasteiger partial charge in [-0.2, -0.15) is 0 Å². The van der Waals surface area contributed by atoms with E-state index in [9.17, 15) is 9.59 Å². The van der Waals surface area contributed by atoms with Gasteiger partial charge in [-0.1, -0.05) is 30.3 Å². The second kappa shape index (κ2) is 8.33. The second-order valence-electron chi connectivity index (χ2n) is 9.36. The summed E-state index contributed by atoms with van der Waals surface area (Å²) in [4.78, 5) is 30.7. The number of fused-ring (bicyclic) bond motifs is 3. The number of likely N-dealkylation sites (tertiary alicyclic amines) is 1. The summed E-state index contributed by atoms with van der Waals surface area (Å²) in [5.74, 6) is 0.148. The molecule has 0 aliphatic carbocycles. The quantitative estimate of drug-likeness (QED) is 0.503. The van der Waals surface area contributed by atoms with Gasteiger partial charge < -0.3 is 24.1 Å². The number of piperidine rings is 1. The molecule has 0 saturated carbocycles.